The molecule has 3 aliphatic rings. The number of amidine groups is 1. The number of fused-ring (bicyclic) bond motifs is 1. The first-order valence-corrected chi connectivity index (χ1v) is 12.1. The van der Waals surface area contributed by atoms with Crippen LogP contribution in [0.3, 0.4) is 0 Å². The van der Waals surface area contributed by atoms with Crippen molar-refractivity contribution >= 4 is 28.8 Å². The van der Waals surface area contributed by atoms with Gasteiger partial charge in [0.2, 0.25) is 5.91 Å². The van der Waals surface area contributed by atoms with Crippen molar-refractivity contribution in [2.75, 3.05) is 27.4 Å². The SMILES string of the molecule is C=CCOC(=O)C1=C(C)N=C2SC=C(CC(=O)NCC3CC3)N2[C@@H]1c1cccc(OC)c1OC. The van der Waals surface area contributed by atoms with E-state index < -0.39 is 12.0 Å². The van der Waals surface area contributed by atoms with Crippen molar-refractivity contribution in [2.24, 2.45) is 10.9 Å². The van der Waals surface area contributed by atoms with E-state index in [9.17, 15) is 9.59 Å². The highest BCUT2D eigenvalue weighted by Crippen LogP contribution is 2.48. The number of esters is 1. The van der Waals surface area contributed by atoms with Gasteiger partial charge in [-0.1, -0.05) is 36.5 Å². The Morgan fingerprint density at radius 3 is 2.76 bits per heavy atom. The molecule has 0 bridgehead atoms. The maximum Gasteiger partial charge on any atom is 0.338 e. The number of hydrogen-bond donors (Lipinski definition) is 1. The molecule has 1 aromatic carbocycles. The van der Waals surface area contributed by atoms with E-state index in [1.807, 2.05) is 22.4 Å². The highest BCUT2D eigenvalue weighted by atomic mass is 32.2. The Hall–Kier alpha value is -3.20. The van der Waals surface area contributed by atoms with Gasteiger partial charge in [0.05, 0.1) is 38.0 Å². The fourth-order valence-corrected chi connectivity index (χ4v) is 5.04. The molecular weight excluding hydrogens is 454 g/mol. The first-order chi connectivity index (χ1) is 16.5. The van der Waals surface area contributed by atoms with Gasteiger partial charge in [-0.2, -0.15) is 0 Å². The minimum Gasteiger partial charge on any atom is -0.493 e. The van der Waals surface area contributed by atoms with Crippen LogP contribution >= 0.6 is 11.8 Å². The molecule has 8 nitrogen and oxygen atoms in total. The highest BCUT2D eigenvalue weighted by Gasteiger charge is 2.42. The Kier molecular flexibility index (Phi) is 7.31. The second-order valence-electron chi connectivity index (χ2n) is 8.29. The van der Waals surface area contributed by atoms with Gasteiger partial charge in [-0.05, 0) is 37.2 Å². The molecule has 180 valence electrons. The third-order valence-corrected chi connectivity index (χ3v) is 6.80. The molecule has 0 unspecified atom stereocenters. The van der Waals surface area contributed by atoms with E-state index in [-0.39, 0.29) is 18.9 Å². The second kappa shape index (κ2) is 10.4. The lowest BCUT2D eigenvalue weighted by molar-refractivity contribution is -0.138. The fourth-order valence-electron chi connectivity index (χ4n) is 4.07. The Balaban J connectivity index is 1.74. The van der Waals surface area contributed by atoms with Crippen LogP contribution in [-0.2, 0) is 14.3 Å². The Morgan fingerprint density at radius 2 is 2.09 bits per heavy atom. The Morgan fingerprint density at radius 1 is 1.29 bits per heavy atom. The molecule has 0 spiro atoms. The zero-order valence-corrected chi connectivity index (χ0v) is 20.4. The third-order valence-electron chi connectivity index (χ3n) is 5.91. The molecular formula is C25H29N3O5S. The number of para-hydroxylation sites is 1. The number of thioether (sulfide) groups is 1. The lowest BCUT2D eigenvalue weighted by Crippen LogP contribution is -2.38. The lowest BCUT2D eigenvalue weighted by Gasteiger charge is -2.37. The molecule has 4 rings (SSSR count). The number of ether oxygens (including phenoxy) is 3. The van der Waals surface area contributed by atoms with Crippen LogP contribution in [0.4, 0.5) is 0 Å². The van der Waals surface area contributed by atoms with Gasteiger partial charge in [0.15, 0.2) is 16.7 Å². The monoisotopic (exact) mass is 483 g/mol. The molecule has 1 N–H and O–H groups in total. The normalized spacial score (nSPS) is 19.1. The fraction of sp³-hybridized carbons (Fsp3) is 0.400. The summed E-state index contributed by atoms with van der Waals surface area (Å²) in [7, 11) is 3.13. The zero-order chi connectivity index (χ0) is 24.2. The number of nitrogens with one attached hydrogen (secondary N) is 1. The summed E-state index contributed by atoms with van der Waals surface area (Å²) in [6, 6.07) is 4.93. The molecule has 1 fully saturated rings. The first kappa shape index (κ1) is 23.9. The predicted molar refractivity (Wildman–Crippen MR) is 131 cm³/mol. The van der Waals surface area contributed by atoms with Gasteiger partial charge in [0, 0.05) is 17.8 Å². The molecule has 0 saturated heterocycles. The van der Waals surface area contributed by atoms with Gasteiger partial charge in [-0.15, -0.1) is 0 Å². The minimum absolute atomic E-state index is 0.0570. The van der Waals surface area contributed by atoms with E-state index >= 15 is 0 Å². The van der Waals surface area contributed by atoms with E-state index in [4.69, 9.17) is 14.2 Å². The number of hydrogen-bond acceptors (Lipinski definition) is 8. The summed E-state index contributed by atoms with van der Waals surface area (Å²) in [6.45, 7) is 6.20. The van der Waals surface area contributed by atoms with Gasteiger partial charge < -0.3 is 24.4 Å². The summed E-state index contributed by atoms with van der Waals surface area (Å²) in [5, 5.41) is 5.63. The number of aliphatic imine (C=N–C) groups is 1. The van der Waals surface area contributed by atoms with Crippen molar-refractivity contribution in [1.82, 2.24) is 10.2 Å². The van der Waals surface area contributed by atoms with Crippen LogP contribution in [0.25, 0.3) is 0 Å². The van der Waals surface area contributed by atoms with E-state index in [0.29, 0.717) is 46.0 Å². The van der Waals surface area contributed by atoms with E-state index in [1.54, 1.807) is 27.2 Å². The zero-order valence-electron chi connectivity index (χ0n) is 19.6. The van der Waals surface area contributed by atoms with Gasteiger partial charge in [0.25, 0.3) is 0 Å². The number of carbonyl (C=O) groups is 2. The average molecular weight is 484 g/mol. The largest absolute Gasteiger partial charge is 0.493 e. The lowest BCUT2D eigenvalue weighted by atomic mass is 9.92. The van der Waals surface area contributed by atoms with Crippen LogP contribution in [-0.4, -0.2) is 49.3 Å². The number of benzene rings is 1. The molecule has 1 saturated carbocycles. The smallest absolute Gasteiger partial charge is 0.338 e. The summed E-state index contributed by atoms with van der Waals surface area (Å²) in [4.78, 5) is 32.5. The Bertz CT molecular complexity index is 1090. The maximum absolute atomic E-state index is 13.2. The maximum atomic E-state index is 13.2. The summed E-state index contributed by atoms with van der Waals surface area (Å²) < 4.78 is 16.7. The molecule has 9 heteroatoms. The third kappa shape index (κ3) is 4.84. The second-order valence-corrected chi connectivity index (χ2v) is 9.12. The van der Waals surface area contributed by atoms with E-state index in [2.05, 4.69) is 16.9 Å². The van der Waals surface area contributed by atoms with Crippen LogP contribution in [0.1, 0.15) is 37.8 Å². The molecule has 1 atom stereocenters. The molecule has 0 radical (unpaired) electrons. The number of carbonyl (C=O) groups excluding carboxylic acids is 2. The van der Waals surface area contributed by atoms with Crippen molar-refractivity contribution in [1.29, 1.82) is 0 Å². The van der Waals surface area contributed by atoms with Crippen LogP contribution in [0.2, 0.25) is 0 Å². The number of allylic oxidation sites excluding steroid dienone is 1. The Labute approximate surface area is 203 Å². The minimum atomic E-state index is -0.604. The van der Waals surface area contributed by atoms with Crippen molar-refractivity contribution in [2.45, 2.75) is 32.2 Å². The molecule has 1 aromatic rings. The topological polar surface area (TPSA) is 89.5 Å². The van der Waals surface area contributed by atoms with Gasteiger partial charge in [-0.25, -0.2) is 9.79 Å². The van der Waals surface area contributed by atoms with Crippen LogP contribution in [0, 0.1) is 5.92 Å². The average Bonchev–Trinajstić information content (AvgIpc) is 3.60. The van der Waals surface area contributed by atoms with E-state index in [0.717, 1.165) is 5.70 Å². The molecule has 0 aromatic heterocycles. The van der Waals surface area contributed by atoms with Crippen molar-refractivity contribution in [3.05, 3.63) is 58.8 Å². The summed E-state index contributed by atoms with van der Waals surface area (Å²) >= 11 is 1.43. The van der Waals surface area contributed by atoms with Gasteiger partial charge in [-0.3, -0.25) is 4.79 Å². The van der Waals surface area contributed by atoms with Gasteiger partial charge >= 0.3 is 5.97 Å². The van der Waals surface area contributed by atoms with Crippen molar-refractivity contribution < 1.29 is 23.8 Å². The molecule has 1 aliphatic carbocycles. The quantitative estimate of drug-likeness (QED) is 0.398. The van der Waals surface area contributed by atoms with E-state index in [1.165, 1.54) is 30.7 Å². The molecule has 1 amide bonds. The van der Waals surface area contributed by atoms with Crippen molar-refractivity contribution in [3.63, 3.8) is 0 Å². The summed E-state index contributed by atoms with van der Waals surface area (Å²) in [5.74, 6) is 1.09. The molecule has 34 heavy (non-hydrogen) atoms. The van der Waals surface area contributed by atoms with Gasteiger partial charge in [0.1, 0.15) is 6.61 Å². The number of nitrogens with zero attached hydrogens (tertiary/aromatic N) is 2. The summed E-state index contributed by atoms with van der Waals surface area (Å²) in [5.41, 5.74) is 2.40. The van der Waals surface area contributed by atoms with Crippen molar-refractivity contribution in [3.8, 4) is 11.5 Å². The molecule has 2 heterocycles. The highest BCUT2D eigenvalue weighted by molar-refractivity contribution is 8.16. The number of rotatable bonds is 10. The number of amides is 1. The van der Waals surface area contributed by atoms with Crippen LogP contribution < -0.4 is 14.8 Å². The molecule has 2 aliphatic heterocycles. The standard InChI is InChI=1S/C25H29N3O5S/c1-5-11-33-24(30)21-15(2)27-25-28(17(14-34-25)12-20(29)26-13-16-9-10-16)22(21)18-7-6-8-19(31-3)23(18)32-4/h5-8,14,16,22H,1,9-13H2,2-4H3,(H,26,29)/t22-/m1/s1. The predicted octanol–water partition coefficient (Wildman–Crippen LogP) is 3.92. The van der Waals surface area contributed by atoms with Crippen LogP contribution in [0.5, 0.6) is 11.5 Å². The summed E-state index contributed by atoms with van der Waals surface area (Å²) in [6.07, 6.45) is 4.03. The first-order valence-electron chi connectivity index (χ1n) is 11.2. The number of methoxy groups -OCH3 is 2. The van der Waals surface area contributed by atoms with Crippen LogP contribution in [0.15, 0.2) is 58.2 Å².